The highest BCUT2D eigenvalue weighted by Crippen LogP contribution is 2.41. The lowest BCUT2D eigenvalue weighted by Crippen LogP contribution is -2.32. The highest BCUT2D eigenvalue weighted by molar-refractivity contribution is 6.09. The number of nitrogens with zero attached hydrogens (tertiary/aromatic N) is 4. The van der Waals surface area contributed by atoms with Crippen molar-refractivity contribution < 1.29 is 34.0 Å². The van der Waals surface area contributed by atoms with E-state index in [1.165, 1.54) is 12.3 Å². The van der Waals surface area contributed by atoms with Crippen LogP contribution in [0.5, 0.6) is 11.5 Å². The Morgan fingerprint density at radius 3 is 1.88 bits per heavy atom. The fourth-order valence-corrected chi connectivity index (χ4v) is 9.51. The number of benzene rings is 9. The van der Waals surface area contributed by atoms with Gasteiger partial charge in [0.15, 0.2) is 0 Å². The van der Waals surface area contributed by atoms with Crippen molar-refractivity contribution in [1.82, 2.24) is 14.1 Å². The Morgan fingerprint density at radius 1 is 0.514 bits per heavy atom. The molecule has 12 aromatic rings. The van der Waals surface area contributed by atoms with Crippen LogP contribution < -0.4 is 9.30 Å². The second-order valence-corrected chi connectivity index (χ2v) is 20.2. The van der Waals surface area contributed by atoms with Crippen LogP contribution >= 0.6 is 0 Å². The summed E-state index contributed by atoms with van der Waals surface area (Å²) in [6, 6.07) is 30.5. The summed E-state index contributed by atoms with van der Waals surface area (Å²) in [6.07, 6.45) is 4.81. The number of aromatic nitrogens is 4. The topological polar surface area (TPSA) is 35.9 Å². The largest absolute Gasteiger partial charge is 0.458 e. The predicted octanol–water partition coefficient (Wildman–Crippen LogP) is 17.6. The molecule has 0 bridgehead atoms. The van der Waals surface area contributed by atoms with E-state index in [9.17, 15) is 2.74 Å². The van der Waals surface area contributed by atoms with Gasteiger partial charge in [0, 0.05) is 32.7 Å². The maximum Gasteiger partial charge on any atom is 0.269 e. The normalized spacial score (nSPS) is 15.6. The van der Waals surface area contributed by atoms with Gasteiger partial charge in [-0.3, -0.25) is 13.7 Å². The molecule has 0 aliphatic carbocycles. The van der Waals surface area contributed by atoms with Gasteiger partial charge in [0.25, 0.3) is 6.33 Å². The van der Waals surface area contributed by atoms with Crippen molar-refractivity contribution >= 4 is 32.8 Å². The minimum atomic E-state index is -2.83. The van der Waals surface area contributed by atoms with Crippen LogP contribution in [0.15, 0.2) is 224 Å². The van der Waals surface area contributed by atoms with Crippen LogP contribution in [0.3, 0.4) is 0 Å². The van der Waals surface area contributed by atoms with Gasteiger partial charge in [0.05, 0.1) is 54.0 Å². The van der Waals surface area contributed by atoms with E-state index < -0.39 is 103 Å². The summed E-state index contributed by atoms with van der Waals surface area (Å²) in [5.74, 6) is 0.833. The number of ether oxygens (including phenoxy) is 1. The van der Waals surface area contributed by atoms with Gasteiger partial charge in [-0.05, 0) is 122 Å². The van der Waals surface area contributed by atoms with Gasteiger partial charge in [-0.25, -0.2) is 4.98 Å². The number of hydrogen-bond acceptors (Lipinski definition) is 2. The summed E-state index contributed by atoms with van der Waals surface area (Å²) in [7, 11) is 0. The van der Waals surface area contributed by atoms with E-state index in [-0.39, 0.29) is 44.6 Å². The van der Waals surface area contributed by atoms with Crippen LogP contribution in [-0.2, 0) is 10.8 Å². The number of fused-ring (bicyclic) bond motifs is 4. The molecule has 74 heavy (non-hydrogen) atoms. The summed E-state index contributed by atoms with van der Waals surface area (Å²) < 4.78 is 169. The lowest BCUT2D eigenvalue weighted by Gasteiger charge is -2.26. The molecule has 0 fully saturated rings. The van der Waals surface area contributed by atoms with Crippen LogP contribution in [0.1, 0.15) is 82.9 Å². The monoisotopic (exact) mass is 977 g/mol. The van der Waals surface area contributed by atoms with Gasteiger partial charge in [-0.15, -0.1) is 0 Å². The Balaban J connectivity index is 1.08. The van der Waals surface area contributed by atoms with Gasteiger partial charge in [-0.2, -0.15) is 0 Å². The Bertz CT molecular complexity index is 5030. The SMILES string of the molecule is [2H]c1c([2H])c([2H])c(-c2ccc3c(c2)n(-c2cccc(Oc4ccc5c6ccccc6n(-c6cc(C([2H])([2H])[2H])c(-c7c([2H])c([2H])c([2H])c([2H])c7[2H])cn6)c5c4)c2)[c-][n+]3-c2c(-c3cccc(C(C)(C)C)c3)cc(C(C)(C)C)cc2-c2c([2H])c([2H])c([2H])c([2H])c2[2H])c([2H])c1[2H]. The Kier molecular flexibility index (Phi) is 7.51. The molecule has 12 rings (SSSR count). The van der Waals surface area contributed by atoms with E-state index in [4.69, 9.17) is 31.7 Å². The first-order valence-electron chi connectivity index (χ1n) is 33.1. The van der Waals surface area contributed by atoms with Crippen LogP contribution in [0.2, 0.25) is 0 Å². The number of para-hydroxylation sites is 1. The van der Waals surface area contributed by atoms with Crippen molar-refractivity contribution in [1.29, 1.82) is 0 Å². The first kappa shape index (κ1) is 30.3. The van der Waals surface area contributed by atoms with Gasteiger partial charge >= 0.3 is 0 Å². The van der Waals surface area contributed by atoms with Crippen molar-refractivity contribution in [2.45, 2.75) is 59.2 Å². The minimum absolute atomic E-state index is 0.0480. The molecule has 0 N–H and O–H groups in total. The molecule has 5 nitrogen and oxygen atoms in total. The average Bonchev–Trinajstić information content (AvgIpc) is 1.44. The number of hydrogen-bond donors (Lipinski definition) is 0. The maximum absolute atomic E-state index is 9.47. The highest BCUT2D eigenvalue weighted by Gasteiger charge is 2.26. The lowest BCUT2D eigenvalue weighted by molar-refractivity contribution is -0.571. The van der Waals surface area contributed by atoms with Gasteiger partial charge in [0.1, 0.15) is 17.3 Å². The number of imidazole rings is 1. The van der Waals surface area contributed by atoms with E-state index in [2.05, 4.69) is 33.2 Å². The van der Waals surface area contributed by atoms with E-state index in [1.807, 2.05) is 81.4 Å². The van der Waals surface area contributed by atoms with E-state index in [1.54, 1.807) is 68.3 Å². The molecule has 0 saturated heterocycles. The second-order valence-electron chi connectivity index (χ2n) is 20.2. The molecule has 0 radical (unpaired) electrons. The fraction of sp³-hybridized carbons (Fsp3) is 0.130. The van der Waals surface area contributed by atoms with E-state index in [0.717, 1.165) is 27.5 Å². The summed E-state index contributed by atoms with van der Waals surface area (Å²) in [6.45, 7) is 9.58. The molecule has 0 unspecified atom stereocenters. The number of aryl methyl sites for hydroxylation is 1. The first-order valence-corrected chi connectivity index (χ1v) is 24.1. The number of rotatable bonds is 9. The summed E-state index contributed by atoms with van der Waals surface area (Å²) in [5, 5.41) is 1.55. The molecule has 3 aromatic heterocycles. The third kappa shape index (κ3) is 8.54. The molecule has 0 saturated carbocycles. The molecule has 9 aromatic carbocycles. The molecular weight excluding hydrogens is 901 g/mol. The Labute approximate surface area is 459 Å². The first-order chi connectivity index (χ1) is 43.3. The van der Waals surface area contributed by atoms with Crippen LogP contribution in [-0.4, -0.2) is 14.1 Å². The second kappa shape index (κ2) is 18.4. The van der Waals surface area contributed by atoms with Gasteiger partial charge in [-0.1, -0.05) is 205 Å². The molecule has 0 spiro atoms. The molecule has 0 amide bonds. The quantitative estimate of drug-likeness (QED) is 0.107. The number of pyridine rings is 1. The Hall–Kier alpha value is -8.80. The molecule has 5 heteroatoms. The highest BCUT2D eigenvalue weighted by atomic mass is 16.5. The summed E-state index contributed by atoms with van der Waals surface area (Å²) in [5.41, 5.74) is 5.09. The molecular formula is C69H58N4O. The van der Waals surface area contributed by atoms with Crippen LogP contribution in [0.4, 0.5) is 0 Å². The van der Waals surface area contributed by atoms with Crippen molar-refractivity contribution in [3.8, 4) is 73.2 Å². The molecule has 360 valence electrons. The lowest BCUT2D eigenvalue weighted by atomic mass is 9.81. The average molecular weight is 977 g/mol. The molecule has 3 heterocycles. The minimum Gasteiger partial charge on any atom is -0.458 e. The zero-order valence-corrected chi connectivity index (χ0v) is 41.4. The van der Waals surface area contributed by atoms with Crippen molar-refractivity contribution in [2.24, 2.45) is 0 Å². The van der Waals surface area contributed by atoms with Gasteiger partial charge in [0.2, 0.25) is 0 Å². The smallest absolute Gasteiger partial charge is 0.269 e. The van der Waals surface area contributed by atoms with Crippen molar-refractivity contribution in [3.63, 3.8) is 0 Å². The standard InChI is InChI=1S/C69H58N4O/c1-46-37-66(70-44-61(46)49-25-15-10-16-26-49)73-62-32-18-17-31-57(62)58-35-34-56(43-64(58)73)74-55-30-20-29-54(42-55)71-45-72(63-36-33-50(39-65(63)71)47-21-11-8-12-22-47)67-59(48-23-13-9-14-24-48)40-53(69(5,6)7)41-60(67)51-27-19-28-52(38-51)68(2,3)4/h8-44H,1-7H3/i1D3,8D,9D,10D,11D,12D,13D,14D,15D,16D,21D,22D,23D,24D,25D,26D. The van der Waals surface area contributed by atoms with Gasteiger partial charge < -0.3 is 4.74 Å². The third-order valence-corrected chi connectivity index (χ3v) is 13.3. The molecule has 0 aliphatic rings. The van der Waals surface area contributed by atoms with Crippen molar-refractivity contribution in [2.75, 3.05) is 0 Å². The summed E-state index contributed by atoms with van der Waals surface area (Å²) >= 11 is 0. The van der Waals surface area contributed by atoms with E-state index in [0.29, 0.717) is 56.1 Å². The summed E-state index contributed by atoms with van der Waals surface area (Å²) in [4.78, 5) is 4.72. The van der Waals surface area contributed by atoms with E-state index >= 15 is 0 Å². The predicted molar refractivity (Wildman–Crippen MR) is 306 cm³/mol. The maximum atomic E-state index is 9.47. The Morgan fingerprint density at radius 2 is 1.16 bits per heavy atom. The zero-order chi connectivity index (χ0) is 66.3. The van der Waals surface area contributed by atoms with Crippen molar-refractivity contribution in [3.05, 3.63) is 247 Å². The fourth-order valence-electron chi connectivity index (χ4n) is 9.51. The van der Waals surface area contributed by atoms with Crippen LogP contribution in [0.25, 0.3) is 94.5 Å². The zero-order valence-electron chi connectivity index (χ0n) is 59.4. The third-order valence-electron chi connectivity index (χ3n) is 13.3. The molecule has 0 atom stereocenters. The molecule has 0 aliphatic heterocycles. The van der Waals surface area contributed by atoms with Crippen LogP contribution in [0, 0.1) is 13.2 Å².